The molecule has 0 bridgehead atoms. The highest BCUT2D eigenvalue weighted by Gasteiger charge is 2.30. The Labute approximate surface area is 115 Å². The van der Waals surface area contributed by atoms with Crippen molar-refractivity contribution in [2.24, 2.45) is 0 Å². The third-order valence-electron chi connectivity index (χ3n) is 3.08. The van der Waals surface area contributed by atoms with E-state index >= 15 is 0 Å². The van der Waals surface area contributed by atoms with Crippen LogP contribution < -0.4 is 5.73 Å². The average molecular weight is 283 g/mol. The quantitative estimate of drug-likeness (QED) is 0.937. The summed E-state index contributed by atoms with van der Waals surface area (Å²) in [5.74, 6) is 0.282. The third kappa shape index (κ3) is 3.60. The van der Waals surface area contributed by atoms with Crippen LogP contribution in [0.2, 0.25) is 0 Å². The molecular weight excluding hydrogens is 267 g/mol. The lowest BCUT2D eigenvalue weighted by Crippen LogP contribution is -2.33. The second-order valence-electron chi connectivity index (χ2n) is 4.64. The van der Waals surface area contributed by atoms with Crippen molar-refractivity contribution in [1.82, 2.24) is 9.88 Å². The van der Waals surface area contributed by atoms with Crippen LogP contribution in [0.1, 0.15) is 12.5 Å². The number of pyridine rings is 1. The van der Waals surface area contributed by atoms with Gasteiger partial charge in [0.2, 0.25) is 0 Å². The van der Waals surface area contributed by atoms with Crippen molar-refractivity contribution in [2.45, 2.75) is 19.6 Å². The molecule has 0 fully saturated rings. The summed E-state index contributed by atoms with van der Waals surface area (Å²) in [4.78, 5) is 5.52. The first-order valence-corrected chi connectivity index (χ1v) is 6.32. The van der Waals surface area contributed by atoms with E-state index in [0.717, 1.165) is 10.9 Å². The van der Waals surface area contributed by atoms with Gasteiger partial charge in [-0.1, -0.05) is 25.1 Å². The van der Waals surface area contributed by atoms with Crippen LogP contribution in [0.5, 0.6) is 0 Å². The topological polar surface area (TPSA) is 42.2 Å². The van der Waals surface area contributed by atoms with Gasteiger partial charge >= 0.3 is 6.18 Å². The Kier molecular flexibility index (Phi) is 4.13. The van der Waals surface area contributed by atoms with Crippen LogP contribution in [-0.2, 0) is 6.54 Å². The van der Waals surface area contributed by atoms with Gasteiger partial charge in [0, 0.05) is 17.5 Å². The molecule has 0 amide bonds. The first-order valence-electron chi connectivity index (χ1n) is 6.32. The summed E-state index contributed by atoms with van der Waals surface area (Å²) in [5.41, 5.74) is 7.20. The number of para-hydroxylation sites is 1. The first-order chi connectivity index (χ1) is 9.39. The number of benzene rings is 1. The Morgan fingerprint density at radius 3 is 2.60 bits per heavy atom. The monoisotopic (exact) mass is 283 g/mol. The van der Waals surface area contributed by atoms with Gasteiger partial charge in [0.1, 0.15) is 5.82 Å². The number of nitrogen functional groups attached to an aromatic ring is 1. The molecule has 2 N–H and O–H groups in total. The van der Waals surface area contributed by atoms with Crippen LogP contribution >= 0.6 is 0 Å². The second-order valence-corrected chi connectivity index (χ2v) is 4.64. The van der Waals surface area contributed by atoms with Crippen LogP contribution in [0.15, 0.2) is 30.3 Å². The van der Waals surface area contributed by atoms with E-state index in [1.54, 1.807) is 13.0 Å². The van der Waals surface area contributed by atoms with E-state index in [0.29, 0.717) is 12.1 Å². The van der Waals surface area contributed by atoms with Crippen molar-refractivity contribution in [3.8, 4) is 0 Å². The Morgan fingerprint density at radius 2 is 1.95 bits per heavy atom. The van der Waals surface area contributed by atoms with Crippen LogP contribution in [0.3, 0.4) is 0 Å². The molecule has 0 aliphatic carbocycles. The average Bonchev–Trinajstić information content (AvgIpc) is 2.37. The van der Waals surface area contributed by atoms with E-state index in [2.05, 4.69) is 4.98 Å². The van der Waals surface area contributed by atoms with E-state index in [-0.39, 0.29) is 12.4 Å². The number of rotatable bonds is 4. The highest BCUT2D eigenvalue weighted by molar-refractivity contribution is 5.81. The zero-order chi connectivity index (χ0) is 14.8. The highest BCUT2D eigenvalue weighted by atomic mass is 19.4. The molecule has 3 nitrogen and oxygen atoms in total. The molecule has 108 valence electrons. The van der Waals surface area contributed by atoms with Crippen molar-refractivity contribution < 1.29 is 13.2 Å². The van der Waals surface area contributed by atoms with Gasteiger partial charge in [-0.05, 0) is 18.7 Å². The molecule has 20 heavy (non-hydrogen) atoms. The summed E-state index contributed by atoms with van der Waals surface area (Å²) in [6, 6.07) is 9.19. The fourth-order valence-electron chi connectivity index (χ4n) is 2.08. The maximum absolute atomic E-state index is 12.5. The minimum absolute atomic E-state index is 0.139. The predicted octanol–water partition coefficient (Wildman–Crippen LogP) is 3.20. The van der Waals surface area contributed by atoms with Gasteiger partial charge in [-0.25, -0.2) is 4.98 Å². The number of hydrogen-bond acceptors (Lipinski definition) is 3. The van der Waals surface area contributed by atoms with Gasteiger partial charge < -0.3 is 5.73 Å². The normalized spacial score (nSPS) is 12.2. The third-order valence-corrected chi connectivity index (χ3v) is 3.08. The Morgan fingerprint density at radius 1 is 1.25 bits per heavy atom. The Bertz CT molecular complexity index is 596. The highest BCUT2D eigenvalue weighted by Crippen LogP contribution is 2.22. The van der Waals surface area contributed by atoms with Gasteiger partial charge in [-0.15, -0.1) is 0 Å². The molecule has 1 aromatic carbocycles. The molecule has 0 atom stereocenters. The van der Waals surface area contributed by atoms with Crippen LogP contribution in [0.4, 0.5) is 19.0 Å². The molecule has 2 aromatic rings. The van der Waals surface area contributed by atoms with Crippen LogP contribution in [0, 0.1) is 0 Å². The lowest BCUT2D eigenvalue weighted by atomic mass is 10.1. The van der Waals surface area contributed by atoms with Gasteiger partial charge in [0.05, 0.1) is 12.1 Å². The van der Waals surface area contributed by atoms with E-state index in [4.69, 9.17) is 5.73 Å². The summed E-state index contributed by atoms with van der Waals surface area (Å²) >= 11 is 0. The van der Waals surface area contributed by atoms with Crippen molar-refractivity contribution in [3.05, 3.63) is 35.9 Å². The molecule has 2 rings (SSSR count). The van der Waals surface area contributed by atoms with E-state index < -0.39 is 12.7 Å². The lowest BCUT2D eigenvalue weighted by Gasteiger charge is -2.22. The minimum atomic E-state index is -4.21. The first kappa shape index (κ1) is 14.6. The van der Waals surface area contributed by atoms with Gasteiger partial charge in [0.15, 0.2) is 0 Å². The molecule has 6 heteroatoms. The number of nitrogens with zero attached hydrogens (tertiary/aromatic N) is 2. The molecule has 0 spiro atoms. The number of hydrogen-bond donors (Lipinski definition) is 1. The standard InChI is InChI=1S/C14H16F3N3/c1-2-20(9-14(15,16)17)8-11-7-10-5-3-4-6-12(10)19-13(11)18/h3-7H,2,8-9H2,1H3,(H2,18,19). The molecule has 0 saturated heterocycles. The lowest BCUT2D eigenvalue weighted by molar-refractivity contribution is -0.146. The summed E-state index contributed by atoms with van der Waals surface area (Å²) < 4.78 is 37.4. The fraction of sp³-hybridized carbons (Fsp3) is 0.357. The number of nitrogens with two attached hydrogens (primary N) is 1. The molecule has 0 saturated carbocycles. The zero-order valence-corrected chi connectivity index (χ0v) is 11.1. The fourth-order valence-corrected chi connectivity index (χ4v) is 2.08. The smallest absolute Gasteiger partial charge is 0.383 e. The Balaban J connectivity index is 2.25. The molecule has 0 aliphatic heterocycles. The number of fused-ring (bicyclic) bond motifs is 1. The zero-order valence-electron chi connectivity index (χ0n) is 11.1. The molecule has 1 heterocycles. The second kappa shape index (κ2) is 5.66. The molecule has 0 radical (unpaired) electrons. The molecule has 0 aliphatic rings. The SMILES string of the molecule is CCN(Cc1cc2ccccc2nc1N)CC(F)(F)F. The van der Waals surface area contributed by atoms with Crippen molar-refractivity contribution in [1.29, 1.82) is 0 Å². The number of alkyl halides is 3. The molecule has 1 aromatic heterocycles. The van der Waals surface area contributed by atoms with Gasteiger partial charge in [-0.3, -0.25) is 4.90 Å². The van der Waals surface area contributed by atoms with E-state index in [9.17, 15) is 13.2 Å². The van der Waals surface area contributed by atoms with Gasteiger partial charge in [0.25, 0.3) is 0 Å². The molecule has 0 unspecified atom stereocenters. The maximum atomic E-state index is 12.5. The van der Waals surface area contributed by atoms with E-state index in [1.807, 2.05) is 24.3 Å². The summed E-state index contributed by atoms with van der Waals surface area (Å²) in [7, 11) is 0. The number of anilines is 1. The molecular formula is C14H16F3N3. The Hall–Kier alpha value is -1.82. The van der Waals surface area contributed by atoms with Gasteiger partial charge in [-0.2, -0.15) is 13.2 Å². The summed E-state index contributed by atoms with van der Waals surface area (Å²) in [6.45, 7) is 1.18. The largest absolute Gasteiger partial charge is 0.401 e. The minimum Gasteiger partial charge on any atom is -0.383 e. The number of halogens is 3. The van der Waals surface area contributed by atoms with Crippen molar-refractivity contribution in [3.63, 3.8) is 0 Å². The van der Waals surface area contributed by atoms with Crippen LogP contribution in [-0.4, -0.2) is 29.1 Å². The van der Waals surface area contributed by atoms with Crippen molar-refractivity contribution >= 4 is 16.7 Å². The maximum Gasteiger partial charge on any atom is 0.401 e. The van der Waals surface area contributed by atoms with E-state index in [1.165, 1.54) is 4.90 Å². The summed E-state index contributed by atoms with van der Waals surface area (Å²) in [6.07, 6.45) is -4.21. The predicted molar refractivity (Wildman–Crippen MR) is 73.2 cm³/mol. The summed E-state index contributed by atoms with van der Waals surface area (Å²) in [5, 5.41) is 0.875. The number of aromatic nitrogens is 1. The van der Waals surface area contributed by atoms with Crippen molar-refractivity contribution in [2.75, 3.05) is 18.8 Å². The van der Waals surface area contributed by atoms with Crippen LogP contribution in [0.25, 0.3) is 10.9 Å².